The van der Waals surface area contributed by atoms with Gasteiger partial charge in [-0.1, -0.05) is 29.8 Å². The molecule has 0 aromatic heterocycles. The van der Waals surface area contributed by atoms with Crippen molar-refractivity contribution >= 4 is 5.91 Å². The van der Waals surface area contributed by atoms with Crippen LogP contribution in [0.15, 0.2) is 24.3 Å². The molecule has 1 heterocycles. The third-order valence-corrected chi connectivity index (χ3v) is 5.02. The molecule has 25 heavy (non-hydrogen) atoms. The van der Waals surface area contributed by atoms with Crippen LogP contribution in [0.3, 0.4) is 0 Å². The van der Waals surface area contributed by atoms with Crippen molar-refractivity contribution in [3.05, 3.63) is 35.4 Å². The number of aryl methyl sites for hydroxylation is 1. The minimum atomic E-state index is -0.497. The van der Waals surface area contributed by atoms with E-state index in [1.807, 2.05) is 13.8 Å². The molecule has 1 aliphatic rings. The molecule has 1 amide bonds. The van der Waals surface area contributed by atoms with Crippen LogP contribution < -0.4 is 5.32 Å². The summed E-state index contributed by atoms with van der Waals surface area (Å²) in [4.78, 5) is 15.0. The van der Waals surface area contributed by atoms with Gasteiger partial charge in [0.2, 0.25) is 5.91 Å². The second kappa shape index (κ2) is 8.81. The Kier molecular flexibility index (Phi) is 7.03. The summed E-state index contributed by atoms with van der Waals surface area (Å²) >= 11 is 0. The SMILES string of the molecule is Cc1ccc(C(C)(C)C(=O)NCCCCN2C[C@@H](C)O[C@@H](C)C2)cc1. The number of hydrogen-bond donors (Lipinski definition) is 1. The van der Waals surface area contributed by atoms with Crippen molar-refractivity contribution in [2.24, 2.45) is 0 Å². The fourth-order valence-corrected chi connectivity index (χ4v) is 3.45. The summed E-state index contributed by atoms with van der Waals surface area (Å²) in [5.74, 6) is 0.102. The number of hydrogen-bond acceptors (Lipinski definition) is 3. The molecule has 1 saturated heterocycles. The summed E-state index contributed by atoms with van der Waals surface area (Å²) < 4.78 is 5.76. The number of unbranched alkanes of at least 4 members (excludes halogenated alkanes) is 1. The molecular formula is C21H34N2O2. The van der Waals surface area contributed by atoms with E-state index in [0.717, 1.165) is 44.6 Å². The van der Waals surface area contributed by atoms with Gasteiger partial charge in [-0.3, -0.25) is 9.69 Å². The Labute approximate surface area is 152 Å². The number of carbonyl (C=O) groups is 1. The molecule has 2 rings (SSSR count). The van der Waals surface area contributed by atoms with Crippen LogP contribution in [0.1, 0.15) is 51.7 Å². The molecule has 0 bridgehead atoms. The molecule has 1 aromatic carbocycles. The average Bonchev–Trinajstić information content (AvgIpc) is 2.53. The molecule has 4 heteroatoms. The van der Waals surface area contributed by atoms with E-state index in [1.54, 1.807) is 0 Å². The van der Waals surface area contributed by atoms with Crippen LogP contribution in [0, 0.1) is 6.92 Å². The van der Waals surface area contributed by atoms with Crippen LogP contribution in [-0.2, 0) is 14.9 Å². The summed E-state index contributed by atoms with van der Waals surface area (Å²) in [6.07, 6.45) is 2.75. The molecule has 4 nitrogen and oxygen atoms in total. The zero-order valence-corrected chi connectivity index (χ0v) is 16.5. The molecule has 140 valence electrons. The lowest BCUT2D eigenvalue weighted by molar-refractivity contribution is -0.125. The Morgan fingerprint density at radius 3 is 2.36 bits per heavy atom. The summed E-state index contributed by atoms with van der Waals surface area (Å²) in [6, 6.07) is 8.23. The zero-order valence-electron chi connectivity index (χ0n) is 16.5. The van der Waals surface area contributed by atoms with E-state index >= 15 is 0 Å². The van der Waals surface area contributed by atoms with Crippen LogP contribution in [0.5, 0.6) is 0 Å². The predicted molar refractivity (Wildman–Crippen MR) is 103 cm³/mol. The molecule has 0 aliphatic carbocycles. The highest BCUT2D eigenvalue weighted by Gasteiger charge is 2.29. The van der Waals surface area contributed by atoms with Crippen molar-refractivity contribution in [2.75, 3.05) is 26.2 Å². The van der Waals surface area contributed by atoms with Crippen molar-refractivity contribution in [1.29, 1.82) is 0 Å². The fraction of sp³-hybridized carbons (Fsp3) is 0.667. The molecule has 1 aliphatic heterocycles. The lowest BCUT2D eigenvalue weighted by atomic mass is 9.83. The monoisotopic (exact) mass is 346 g/mol. The van der Waals surface area contributed by atoms with Crippen molar-refractivity contribution in [3.63, 3.8) is 0 Å². The van der Waals surface area contributed by atoms with Gasteiger partial charge in [0.05, 0.1) is 17.6 Å². The lowest BCUT2D eigenvalue weighted by Crippen LogP contribution is -2.45. The first kappa shape index (κ1) is 19.9. The van der Waals surface area contributed by atoms with Crippen LogP contribution in [0.2, 0.25) is 0 Å². The average molecular weight is 347 g/mol. The van der Waals surface area contributed by atoms with Crippen LogP contribution >= 0.6 is 0 Å². The van der Waals surface area contributed by atoms with Crippen LogP contribution in [-0.4, -0.2) is 49.2 Å². The number of nitrogens with one attached hydrogen (secondary N) is 1. The second-order valence-electron chi connectivity index (χ2n) is 7.97. The van der Waals surface area contributed by atoms with E-state index in [0.29, 0.717) is 12.2 Å². The van der Waals surface area contributed by atoms with Crippen LogP contribution in [0.4, 0.5) is 0 Å². The molecule has 0 spiro atoms. The van der Waals surface area contributed by atoms with E-state index in [-0.39, 0.29) is 5.91 Å². The van der Waals surface area contributed by atoms with Gasteiger partial charge in [-0.25, -0.2) is 0 Å². The number of nitrogens with zero attached hydrogens (tertiary/aromatic N) is 1. The van der Waals surface area contributed by atoms with Crippen molar-refractivity contribution < 1.29 is 9.53 Å². The van der Waals surface area contributed by atoms with Gasteiger partial charge < -0.3 is 10.1 Å². The zero-order chi connectivity index (χ0) is 18.4. The molecule has 0 radical (unpaired) electrons. The first-order valence-corrected chi connectivity index (χ1v) is 9.52. The number of morpholine rings is 1. The Bertz CT molecular complexity index is 544. The van der Waals surface area contributed by atoms with E-state index in [1.165, 1.54) is 5.56 Å². The van der Waals surface area contributed by atoms with Gasteiger partial charge >= 0.3 is 0 Å². The Balaban J connectivity index is 1.70. The van der Waals surface area contributed by atoms with Gasteiger partial charge in [0.25, 0.3) is 0 Å². The largest absolute Gasteiger partial charge is 0.373 e. The van der Waals surface area contributed by atoms with Gasteiger partial charge in [0.1, 0.15) is 0 Å². The van der Waals surface area contributed by atoms with Crippen LogP contribution in [0.25, 0.3) is 0 Å². The molecule has 1 aromatic rings. The molecular weight excluding hydrogens is 312 g/mol. The molecule has 1 fully saturated rings. The number of carbonyl (C=O) groups excluding carboxylic acids is 1. The maximum atomic E-state index is 12.6. The summed E-state index contributed by atoms with van der Waals surface area (Å²) in [5, 5.41) is 3.11. The number of benzene rings is 1. The van der Waals surface area contributed by atoms with Crippen molar-refractivity contribution in [1.82, 2.24) is 10.2 Å². The first-order chi connectivity index (χ1) is 11.8. The number of amides is 1. The maximum Gasteiger partial charge on any atom is 0.230 e. The highest BCUT2D eigenvalue weighted by Crippen LogP contribution is 2.23. The Morgan fingerprint density at radius 1 is 1.16 bits per heavy atom. The minimum absolute atomic E-state index is 0.102. The molecule has 2 atom stereocenters. The quantitative estimate of drug-likeness (QED) is 0.771. The third kappa shape index (κ3) is 5.82. The standard InChI is InChI=1S/C21H34N2O2/c1-16-8-10-19(11-9-16)21(4,5)20(24)22-12-6-7-13-23-14-17(2)25-18(3)15-23/h8-11,17-18H,6-7,12-15H2,1-5H3,(H,22,24)/t17-,18+. The maximum absolute atomic E-state index is 12.6. The minimum Gasteiger partial charge on any atom is -0.373 e. The van der Waals surface area contributed by atoms with E-state index in [9.17, 15) is 4.79 Å². The Hall–Kier alpha value is -1.39. The number of rotatable bonds is 7. The summed E-state index contributed by atoms with van der Waals surface area (Å²) in [5.41, 5.74) is 1.78. The molecule has 0 saturated carbocycles. The summed E-state index contributed by atoms with van der Waals surface area (Å²) in [7, 11) is 0. The fourth-order valence-electron chi connectivity index (χ4n) is 3.45. The van der Waals surface area contributed by atoms with E-state index in [2.05, 4.69) is 55.3 Å². The highest BCUT2D eigenvalue weighted by atomic mass is 16.5. The number of ether oxygens (including phenoxy) is 1. The van der Waals surface area contributed by atoms with Gasteiger partial charge in [0.15, 0.2) is 0 Å². The van der Waals surface area contributed by atoms with Crippen molar-refractivity contribution in [3.8, 4) is 0 Å². The van der Waals surface area contributed by atoms with E-state index < -0.39 is 5.41 Å². The Morgan fingerprint density at radius 2 is 1.76 bits per heavy atom. The van der Waals surface area contributed by atoms with Gasteiger partial charge in [-0.2, -0.15) is 0 Å². The van der Waals surface area contributed by atoms with Gasteiger partial charge in [0, 0.05) is 19.6 Å². The van der Waals surface area contributed by atoms with Gasteiger partial charge in [-0.05, 0) is 59.6 Å². The van der Waals surface area contributed by atoms with Crippen molar-refractivity contribution in [2.45, 2.75) is 65.1 Å². The predicted octanol–water partition coefficient (Wildman–Crippen LogP) is 3.28. The molecule has 1 N–H and O–H groups in total. The van der Waals surface area contributed by atoms with E-state index in [4.69, 9.17) is 4.74 Å². The molecule has 0 unspecified atom stereocenters. The second-order valence-corrected chi connectivity index (χ2v) is 7.97. The normalized spacial score (nSPS) is 22.0. The van der Waals surface area contributed by atoms with Gasteiger partial charge in [-0.15, -0.1) is 0 Å². The lowest BCUT2D eigenvalue weighted by Gasteiger charge is -2.35. The topological polar surface area (TPSA) is 41.6 Å². The smallest absolute Gasteiger partial charge is 0.230 e. The highest BCUT2D eigenvalue weighted by molar-refractivity contribution is 5.87. The first-order valence-electron chi connectivity index (χ1n) is 9.52. The summed E-state index contributed by atoms with van der Waals surface area (Å²) in [6.45, 7) is 14.2. The third-order valence-electron chi connectivity index (χ3n) is 5.02.